The first-order chi connectivity index (χ1) is 13.1. The molecule has 27 heavy (non-hydrogen) atoms. The first kappa shape index (κ1) is 20.2. The number of anilines is 1. The summed E-state index contributed by atoms with van der Waals surface area (Å²) in [5.41, 5.74) is 2.04. The van der Waals surface area contributed by atoms with Gasteiger partial charge in [-0.3, -0.25) is 4.79 Å². The number of piperidine rings is 1. The summed E-state index contributed by atoms with van der Waals surface area (Å²) in [6.45, 7) is 10.3. The van der Waals surface area contributed by atoms with E-state index in [1.165, 1.54) is 24.9 Å². The van der Waals surface area contributed by atoms with Crippen LogP contribution in [-0.4, -0.2) is 49.2 Å². The highest BCUT2D eigenvalue weighted by molar-refractivity contribution is 5.94. The second-order valence-corrected chi connectivity index (χ2v) is 8.49. The number of benzene rings is 1. The van der Waals surface area contributed by atoms with Crippen LogP contribution in [0.25, 0.3) is 0 Å². The molecule has 3 rings (SSSR count). The molecule has 0 bridgehead atoms. The molecular weight excluding hydrogens is 336 g/mol. The van der Waals surface area contributed by atoms with Crippen molar-refractivity contribution in [2.75, 3.05) is 31.1 Å². The molecule has 4 nitrogen and oxygen atoms in total. The molecule has 1 amide bonds. The molecule has 0 radical (unpaired) electrons. The monoisotopic (exact) mass is 372 g/mol. The number of morpholine rings is 1. The lowest BCUT2D eigenvalue weighted by molar-refractivity contribution is -0.0962. The topological polar surface area (TPSA) is 32.8 Å². The van der Waals surface area contributed by atoms with Crippen molar-refractivity contribution >= 4 is 11.6 Å². The van der Waals surface area contributed by atoms with Gasteiger partial charge >= 0.3 is 0 Å². The zero-order chi connectivity index (χ0) is 19.2. The third-order valence-corrected chi connectivity index (χ3v) is 5.94. The van der Waals surface area contributed by atoms with E-state index in [9.17, 15) is 4.79 Å². The number of rotatable bonds is 6. The fourth-order valence-electron chi connectivity index (χ4n) is 4.15. The molecule has 150 valence electrons. The number of nitrogens with zero attached hydrogens (tertiary/aromatic N) is 2. The van der Waals surface area contributed by atoms with Crippen molar-refractivity contribution in [1.29, 1.82) is 0 Å². The summed E-state index contributed by atoms with van der Waals surface area (Å²) < 4.78 is 6.26. The number of hydrogen-bond acceptors (Lipinski definition) is 3. The van der Waals surface area contributed by atoms with E-state index in [0.29, 0.717) is 12.5 Å². The maximum Gasteiger partial charge on any atom is 0.254 e. The SMILES string of the molecule is CCCC[C@@H]1CN(C(=O)c2ccc(N3CCCCC3)cc2)C[C@H](C(C)C)O1. The highest BCUT2D eigenvalue weighted by Crippen LogP contribution is 2.24. The predicted octanol–water partition coefficient (Wildman–Crippen LogP) is 4.73. The first-order valence-corrected chi connectivity index (χ1v) is 10.9. The van der Waals surface area contributed by atoms with Gasteiger partial charge in [0, 0.05) is 37.4 Å². The second kappa shape index (κ2) is 9.59. The largest absolute Gasteiger partial charge is 0.372 e. The number of carbonyl (C=O) groups is 1. The summed E-state index contributed by atoms with van der Waals surface area (Å²) >= 11 is 0. The lowest BCUT2D eigenvalue weighted by Gasteiger charge is -2.40. The Hall–Kier alpha value is -1.55. The van der Waals surface area contributed by atoms with Crippen LogP contribution in [0, 0.1) is 5.92 Å². The van der Waals surface area contributed by atoms with Crippen LogP contribution in [0.4, 0.5) is 5.69 Å². The molecule has 0 saturated carbocycles. The molecular formula is C23H36N2O2. The quantitative estimate of drug-likeness (QED) is 0.723. The Morgan fingerprint density at radius 1 is 1.11 bits per heavy atom. The zero-order valence-electron chi connectivity index (χ0n) is 17.3. The summed E-state index contributed by atoms with van der Waals surface area (Å²) in [5, 5.41) is 0. The van der Waals surface area contributed by atoms with Gasteiger partial charge in [-0.1, -0.05) is 33.6 Å². The molecule has 2 heterocycles. The van der Waals surface area contributed by atoms with Crippen molar-refractivity contribution < 1.29 is 9.53 Å². The van der Waals surface area contributed by atoms with Crippen molar-refractivity contribution in [1.82, 2.24) is 4.90 Å². The molecule has 2 saturated heterocycles. The van der Waals surface area contributed by atoms with E-state index in [-0.39, 0.29) is 18.1 Å². The average molecular weight is 373 g/mol. The predicted molar refractivity (Wildman–Crippen MR) is 111 cm³/mol. The van der Waals surface area contributed by atoms with E-state index in [1.807, 2.05) is 17.0 Å². The maximum atomic E-state index is 13.1. The summed E-state index contributed by atoms with van der Waals surface area (Å²) in [6.07, 6.45) is 7.53. The Labute approximate surface area is 164 Å². The number of hydrogen-bond donors (Lipinski definition) is 0. The van der Waals surface area contributed by atoms with Gasteiger partial charge < -0.3 is 14.5 Å². The molecule has 2 atom stereocenters. The molecule has 0 spiro atoms. The van der Waals surface area contributed by atoms with Gasteiger partial charge in [0.05, 0.1) is 12.2 Å². The Morgan fingerprint density at radius 2 is 1.81 bits per heavy atom. The van der Waals surface area contributed by atoms with Crippen LogP contribution < -0.4 is 4.90 Å². The van der Waals surface area contributed by atoms with Crippen molar-refractivity contribution in [3.63, 3.8) is 0 Å². The van der Waals surface area contributed by atoms with Crippen molar-refractivity contribution in [3.8, 4) is 0 Å². The van der Waals surface area contributed by atoms with Gasteiger partial charge in [0.25, 0.3) is 5.91 Å². The standard InChI is InChI=1S/C23H36N2O2/c1-4-5-9-21-16-25(17-22(27-21)18(2)3)23(26)19-10-12-20(13-11-19)24-14-7-6-8-15-24/h10-13,18,21-22H,4-9,14-17H2,1-3H3/t21-,22-/m1/s1. The van der Waals surface area contributed by atoms with Gasteiger partial charge in [-0.15, -0.1) is 0 Å². The van der Waals surface area contributed by atoms with Gasteiger partial charge in [-0.25, -0.2) is 0 Å². The Balaban J connectivity index is 1.67. The van der Waals surface area contributed by atoms with E-state index >= 15 is 0 Å². The summed E-state index contributed by atoms with van der Waals surface area (Å²) in [7, 11) is 0. The molecule has 0 aliphatic carbocycles. The lowest BCUT2D eigenvalue weighted by atomic mass is 10.0. The fourth-order valence-corrected chi connectivity index (χ4v) is 4.15. The van der Waals surface area contributed by atoms with E-state index in [2.05, 4.69) is 37.8 Å². The van der Waals surface area contributed by atoms with Crippen LogP contribution in [0.1, 0.15) is 69.7 Å². The third-order valence-electron chi connectivity index (χ3n) is 5.94. The maximum absolute atomic E-state index is 13.1. The average Bonchev–Trinajstić information content (AvgIpc) is 2.72. The second-order valence-electron chi connectivity index (χ2n) is 8.49. The lowest BCUT2D eigenvalue weighted by Crippen LogP contribution is -2.51. The molecule has 2 aliphatic rings. The number of unbranched alkanes of at least 4 members (excludes halogenated alkanes) is 1. The summed E-state index contributed by atoms with van der Waals surface area (Å²) in [5.74, 6) is 0.571. The van der Waals surface area contributed by atoms with Crippen LogP contribution in [0.5, 0.6) is 0 Å². The van der Waals surface area contributed by atoms with Gasteiger partial charge in [-0.05, 0) is 55.9 Å². The van der Waals surface area contributed by atoms with Gasteiger partial charge in [-0.2, -0.15) is 0 Å². The molecule has 0 aromatic heterocycles. The van der Waals surface area contributed by atoms with Crippen molar-refractivity contribution in [2.24, 2.45) is 5.92 Å². The van der Waals surface area contributed by atoms with E-state index < -0.39 is 0 Å². The molecule has 0 N–H and O–H groups in total. The number of amides is 1. The highest BCUT2D eigenvalue weighted by atomic mass is 16.5. The molecule has 1 aromatic carbocycles. The van der Waals surface area contributed by atoms with Crippen molar-refractivity contribution in [3.05, 3.63) is 29.8 Å². The molecule has 4 heteroatoms. The van der Waals surface area contributed by atoms with E-state index in [1.54, 1.807) is 0 Å². The van der Waals surface area contributed by atoms with E-state index in [4.69, 9.17) is 4.74 Å². The van der Waals surface area contributed by atoms with Crippen LogP contribution in [0.3, 0.4) is 0 Å². The number of ether oxygens (including phenoxy) is 1. The third kappa shape index (κ3) is 5.25. The Kier molecular flexibility index (Phi) is 7.17. The minimum absolute atomic E-state index is 0.136. The highest BCUT2D eigenvalue weighted by Gasteiger charge is 2.32. The zero-order valence-corrected chi connectivity index (χ0v) is 17.3. The minimum atomic E-state index is 0.136. The molecule has 1 aromatic rings. The smallest absolute Gasteiger partial charge is 0.254 e. The molecule has 2 fully saturated rings. The Morgan fingerprint density at radius 3 is 2.44 bits per heavy atom. The molecule has 2 aliphatic heterocycles. The van der Waals surface area contributed by atoms with Crippen LogP contribution in [0.15, 0.2) is 24.3 Å². The summed E-state index contributed by atoms with van der Waals surface area (Å²) in [4.78, 5) is 17.6. The Bertz CT molecular complexity index is 593. The van der Waals surface area contributed by atoms with Crippen LogP contribution in [0.2, 0.25) is 0 Å². The van der Waals surface area contributed by atoms with Crippen LogP contribution >= 0.6 is 0 Å². The van der Waals surface area contributed by atoms with Gasteiger partial charge in [0.2, 0.25) is 0 Å². The van der Waals surface area contributed by atoms with Gasteiger partial charge in [0.15, 0.2) is 0 Å². The molecule has 0 unspecified atom stereocenters. The van der Waals surface area contributed by atoms with Crippen molar-refractivity contribution in [2.45, 2.75) is 71.5 Å². The minimum Gasteiger partial charge on any atom is -0.372 e. The van der Waals surface area contributed by atoms with Crippen LogP contribution in [-0.2, 0) is 4.74 Å². The number of carbonyl (C=O) groups excluding carboxylic acids is 1. The van der Waals surface area contributed by atoms with Gasteiger partial charge in [0.1, 0.15) is 0 Å². The van der Waals surface area contributed by atoms with E-state index in [0.717, 1.165) is 44.5 Å². The fraction of sp³-hybridized carbons (Fsp3) is 0.696. The normalized spacial score (nSPS) is 23.7. The summed E-state index contributed by atoms with van der Waals surface area (Å²) in [6, 6.07) is 8.25. The first-order valence-electron chi connectivity index (χ1n) is 10.9.